The number of likely N-dealkylation sites (N-methyl/N-ethyl adjacent to an activating group) is 1. The summed E-state index contributed by atoms with van der Waals surface area (Å²) in [6, 6.07) is 10.1. The minimum atomic E-state index is -1.07. The van der Waals surface area contributed by atoms with Crippen molar-refractivity contribution in [2.24, 2.45) is 13.0 Å². The molecule has 1 N–H and O–H groups in total. The largest absolute Gasteiger partial charge is 0.488 e. The summed E-state index contributed by atoms with van der Waals surface area (Å²) in [5, 5.41) is 3.22. The van der Waals surface area contributed by atoms with Crippen LogP contribution in [0.1, 0.15) is 75.9 Å². The summed E-state index contributed by atoms with van der Waals surface area (Å²) < 4.78 is 53.3. The number of aromatic nitrogens is 1. The number of rotatable bonds is 15. The van der Waals surface area contributed by atoms with Gasteiger partial charge in [0.15, 0.2) is 23.1 Å². The Hall–Kier alpha value is -4.76. The van der Waals surface area contributed by atoms with Crippen LogP contribution < -0.4 is 10.1 Å². The lowest BCUT2D eigenvalue weighted by atomic mass is 9.83. The zero-order valence-electron chi connectivity index (χ0n) is 34.0. The molecule has 1 aliphatic carbocycles. The van der Waals surface area contributed by atoms with Crippen LogP contribution in [0.5, 0.6) is 5.75 Å². The predicted octanol–water partition coefficient (Wildman–Crippen LogP) is 5.67. The third-order valence-corrected chi connectivity index (χ3v) is 10.6. The number of piperazine rings is 1. The summed E-state index contributed by atoms with van der Waals surface area (Å²) in [4.78, 5) is 59.0. The molecule has 4 amide bonds. The van der Waals surface area contributed by atoms with E-state index in [4.69, 9.17) is 18.9 Å². The van der Waals surface area contributed by atoms with E-state index in [-0.39, 0.29) is 73.6 Å². The molecule has 1 saturated carbocycles. The molecule has 15 heteroatoms. The predicted molar refractivity (Wildman–Crippen MR) is 210 cm³/mol. The third-order valence-electron chi connectivity index (χ3n) is 10.6. The number of halogens is 2. The zero-order valence-corrected chi connectivity index (χ0v) is 34.0. The number of nitrogens with one attached hydrogen (secondary N) is 1. The van der Waals surface area contributed by atoms with Crippen LogP contribution in [-0.4, -0.2) is 120 Å². The number of aryl methyl sites for hydroxylation is 1. The lowest BCUT2D eigenvalue weighted by Crippen LogP contribution is -2.59. The maximum absolute atomic E-state index is 14.5. The minimum Gasteiger partial charge on any atom is -0.488 e. The van der Waals surface area contributed by atoms with Gasteiger partial charge < -0.3 is 38.6 Å². The minimum absolute atomic E-state index is 0.0415. The SMILES string of the molecule is C[C@@H](C(=O)N[C@H](C(=O)N1CCN(C(=O)c2c(OCCOCCOCc3ccccc3)c3cc(F)c(F)cc3n2C)CC1)C1CCCCC1)N(C)C(=O)OC(C)(C)C. The molecular weight excluding hydrogens is 740 g/mol. The summed E-state index contributed by atoms with van der Waals surface area (Å²) in [6.07, 6.45) is 3.86. The number of benzene rings is 2. The second-order valence-electron chi connectivity index (χ2n) is 15.8. The average molecular weight is 798 g/mol. The zero-order chi connectivity index (χ0) is 41.3. The molecule has 2 aliphatic rings. The summed E-state index contributed by atoms with van der Waals surface area (Å²) >= 11 is 0. The van der Waals surface area contributed by atoms with Crippen LogP contribution in [0, 0.1) is 17.6 Å². The second kappa shape index (κ2) is 19.6. The molecule has 2 aromatic carbocycles. The van der Waals surface area contributed by atoms with E-state index in [0.717, 1.165) is 49.8 Å². The van der Waals surface area contributed by atoms with Gasteiger partial charge >= 0.3 is 6.09 Å². The van der Waals surface area contributed by atoms with Crippen LogP contribution in [0.2, 0.25) is 0 Å². The van der Waals surface area contributed by atoms with Crippen LogP contribution in [0.4, 0.5) is 13.6 Å². The first-order valence-electron chi connectivity index (χ1n) is 19.8. The molecule has 2 heterocycles. The van der Waals surface area contributed by atoms with Crippen LogP contribution in [0.25, 0.3) is 10.9 Å². The van der Waals surface area contributed by atoms with Crippen LogP contribution in [-0.2, 0) is 37.5 Å². The lowest BCUT2D eigenvalue weighted by molar-refractivity contribution is -0.140. The highest BCUT2D eigenvalue weighted by atomic mass is 19.2. The van der Waals surface area contributed by atoms with Crippen LogP contribution in [0.3, 0.4) is 0 Å². The van der Waals surface area contributed by atoms with E-state index >= 15 is 0 Å². The van der Waals surface area contributed by atoms with Crippen LogP contribution >= 0.6 is 0 Å². The number of fused-ring (bicyclic) bond motifs is 1. The van der Waals surface area contributed by atoms with E-state index in [9.17, 15) is 28.0 Å². The number of carbonyl (C=O) groups excluding carboxylic acids is 4. The van der Waals surface area contributed by atoms with Crippen molar-refractivity contribution in [2.45, 2.75) is 84.1 Å². The number of amides is 4. The Morgan fingerprint density at radius 2 is 1.49 bits per heavy atom. The van der Waals surface area contributed by atoms with Gasteiger partial charge in [-0.25, -0.2) is 13.6 Å². The summed E-state index contributed by atoms with van der Waals surface area (Å²) in [6.45, 7) is 8.96. The number of hydrogen-bond donors (Lipinski definition) is 1. The van der Waals surface area contributed by atoms with Gasteiger partial charge in [0.05, 0.1) is 31.9 Å². The van der Waals surface area contributed by atoms with Crippen molar-refractivity contribution in [3.8, 4) is 5.75 Å². The fraction of sp³-hybridized carbons (Fsp3) is 0.571. The number of hydrogen-bond acceptors (Lipinski definition) is 8. The molecule has 5 rings (SSSR count). The highest BCUT2D eigenvalue weighted by Crippen LogP contribution is 2.35. The van der Waals surface area contributed by atoms with Crippen molar-refractivity contribution < 1.29 is 46.9 Å². The Morgan fingerprint density at radius 1 is 0.877 bits per heavy atom. The number of carbonyl (C=O) groups is 4. The maximum Gasteiger partial charge on any atom is 0.410 e. The number of ether oxygens (including phenoxy) is 4. The first-order valence-corrected chi connectivity index (χ1v) is 19.8. The number of nitrogens with zero attached hydrogens (tertiary/aromatic N) is 4. The molecule has 1 aliphatic heterocycles. The van der Waals surface area contributed by atoms with Crippen LogP contribution in [0.15, 0.2) is 42.5 Å². The van der Waals surface area contributed by atoms with Crippen molar-refractivity contribution >= 4 is 34.7 Å². The van der Waals surface area contributed by atoms with Crippen molar-refractivity contribution in [3.63, 3.8) is 0 Å². The molecule has 3 aromatic rings. The normalized spacial score (nSPS) is 16.3. The standard InChI is InChI=1S/C42H57F2N5O8/c1-28(46(5)41(53)57-42(2,3)4)38(50)45-35(30-15-11-8-12-16-30)39(51)48-17-19-49(20-18-48)40(52)36-37(31-25-32(43)33(44)26-34(31)47(36)6)56-24-23-54-21-22-55-27-29-13-9-7-10-14-29/h7,9-10,13-14,25-26,28,30,35H,8,11-12,15-24,27H2,1-6H3,(H,45,50)/t28-,35-/m0/s1. The van der Waals surface area contributed by atoms with Gasteiger partial charge in [0, 0.05) is 51.7 Å². The van der Waals surface area contributed by atoms with Gasteiger partial charge in [-0.1, -0.05) is 49.6 Å². The van der Waals surface area contributed by atoms with Crippen molar-refractivity contribution in [3.05, 3.63) is 65.4 Å². The smallest absolute Gasteiger partial charge is 0.410 e. The van der Waals surface area contributed by atoms with Crippen molar-refractivity contribution in [1.82, 2.24) is 24.6 Å². The second-order valence-corrected chi connectivity index (χ2v) is 15.8. The van der Waals surface area contributed by atoms with E-state index in [0.29, 0.717) is 19.8 Å². The maximum atomic E-state index is 14.5. The van der Waals surface area contributed by atoms with E-state index in [1.165, 1.54) is 16.5 Å². The van der Waals surface area contributed by atoms with Gasteiger partial charge in [-0.15, -0.1) is 0 Å². The Bertz CT molecular complexity index is 1850. The molecule has 13 nitrogen and oxygen atoms in total. The monoisotopic (exact) mass is 797 g/mol. The molecule has 2 fully saturated rings. The summed E-state index contributed by atoms with van der Waals surface area (Å²) in [5.74, 6) is -3.19. The molecule has 1 saturated heterocycles. The van der Waals surface area contributed by atoms with Gasteiger partial charge in [-0.2, -0.15) is 0 Å². The Balaban J connectivity index is 1.22. The molecule has 0 bridgehead atoms. The molecule has 0 unspecified atom stereocenters. The third kappa shape index (κ3) is 11.2. The molecule has 0 radical (unpaired) electrons. The van der Waals surface area contributed by atoms with E-state index in [2.05, 4.69) is 5.32 Å². The van der Waals surface area contributed by atoms with Gasteiger partial charge in [-0.3, -0.25) is 19.3 Å². The average Bonchev–Trinajstić information content (AvgIpc) is 3.45. The Labute approximate surface area is 333 Å². The quantitative estimate of drug-likeness (QED) is 0.195. The molecule has 57 heavy (non-hydrogen) atoms. The Morgan fingerprint density at radius 3 is 2.16 bits per heavy atom. The van der Waals surface area contributed by atoms with Gasteiger partial charge in [0.1, 0.15) is 24.3 Å². The summed E-state index contributed by atoms with van der Waals surface area (Å²) in [5.41, 5.74) is 0.720. The highest BCUT2D eigenvalue weighted by molar-refractivity contribution is 6.04. The summed E-state index contributed by atoms with van der Waals surface area (Å²) in [7, 11) is 3.09. The van der Waals surface area contributed by atoms with E-state index in [1.807, 2.05) is 30.3 Å². The molecule has 2 atom stereocenters. The first-order chi connectivity index (χ1) is 27.2. The lowest BCUT2D eigenvalue weighted by Gasteiger charge is -2.39. The Kier molecular flexibility index (Phi) is 14.9. The fourth-order valence-corrected chi connectivity index (χ4v) is 7.24. The van der Waals surface area contributed by atoms with Crippen molar-refractivity contribution in [2.75, 3.05) is 59.7 Å². The molecular formula is C42H57F2N5O8. The van der Waals surface area contributed by atoms with Gasteiger partial charge in [-0.05, 0) is 58.1 Å². The molecule has 312 valence electrons. The first kappa shape index (κ1) is 43.4. The van der Waals surface area contributed by atoms with E-state index in [1.54, 1.807) is 44.5 Å². The highest BCUT2D eigenvalue weighted by Gasteiger charge is 2.38. The van der Waals surface area contributed by atoms with E-state index < -0.39 is 47.2 Å². The van der Waals surface area contributed by atoms with Gasteiger partial charge in [0.2, 0.25) is 11.8 Å². The fourth-order valence-electron chi connectivity index (χ4n) is 7.24. The van der Waals surface area contributed by atoms with Crippen molar-refractivity contribution in [1.29, 1.82) is 0 Å². The molecule has 1 aromatic heterocycles. The van der Waals surface area contributed by atoms with Gasteiger partial charge in [0.25, 0.3) is 5.91 Å². The topological polar surface area (TPSA) is 132 Å². The molecule has 0 spiro atoms.